The number of alkyl halides is 2. The van der Waals surface area contributed by atoms with Crippen LogP contribution in [0.5, 0.6) is 5.75 Å². The van der Waals surface area contributed by atoms with Crippen molar-refractivity contribution in [1.82, 2.24) is 9.91 Å². The molecule has 1 unspecified atom stereocenters. The summed E-state index contributed by atoms with van der Waals surface area (Å²) in [6, 6.07) is 4.35. The summed E-state index contributed by atoms with van der Waals surface area (Å²) < 4.78 is 60.5. The molecule has 1 N–H and O–H groups in total. The van der Waals surface area contributed by atoms with E-state index in [-0.39, 0.29) is 35.2 Å². The fourth-order valence-electron chi connectivity index (χ4n) is 4.14. The van der Waals surface area contributed by atoms with Crippen LogP contribution < -0.4 is 4.74 Å². The smallest absolute Gasteiger partial charge is 0.425 e. The highest BCUT2D eigenvalue weighted by molar-refractivity contribution is 6.09. The standard InChI is InChI=1S/C34H48F3N3O6/c1-21(2)19-27(41)34(36,37)16-18-44-26-14-12-13-25(28(26)35)24-15-17-39(23(5)20-24)38-29(22(3)4)40(30(42)45-32(6,7)8)31(43)46-33(9,10)11/h12-15,17,20-22,27,41H,5,16,18-19H2,1-4,6-11H3/b38-29+. The van der Waals surface area contributed by atoms with E-state index < -0.39 is 60.2 Å². The first kappa shape index (κ1) is 38.4. The van der Waals surface area contributed by atoms with Gasteiger partial charge in [-0.25, -0.2) is 27.8 Å². The second kappa shape index (κ2) is 15.2. The van der Waals surface area contributed by atoms with Gasteiger partial charge in [0.1, 0.15) is 23.1 Å². The molecule has 0 bridgehead atoms. The SMILES string of the molecule is C=C1C=C(c2cccc(OCCC(F)(F)C(O)CC(C)C)c2F)C=CN1/N=C(\C(C)C)N(C(=O)OC(C)(C)C)C(=O)OC(C)(C)C. The summed E-state index contributed by atoms with van der Waals surface area (Å²) in [5, 5.41) is 15.7. The molecule has 0 fully saturated rings. The van der Waals surface area contributed by atoms with Crippen LogP contribution in [0.3, 0.4) is 0 Å². The number of aliphatic hydroxyl groups excluding tert-OH is 1. The number of ether oxygens (including phenoxy) is 3. The van der Waals surface area contributed by atoms with Crippen molar-refractivity contribution in [2.45, 2.75) is 105 Å². The summed E-state index contributed by atoms with van der Waals surface area (Å²) in [6.45, 7) is 20.4. The number of hydrogen-bond donors (Lipinski definition) is 1. The molecule has 0 aromatic heterocycles. The van der Waals surface area contributed by atoms with Crippen molar-refractivity contribution in [3.8, 4) is 5.75 Å². The summed E-state index contributed by atoms with van der Waals surface area (Å²) in [6.07, 6.45) is -0.0545. The number of halogens is 3. The Bertz CT molecular complexity index is 1330. The molecule has 46 heavy (non-hydrogen) atoms. The highest BCUT2D eigenvalue weighted by Crippen LogP contribution is 2.32. The summed E-state index contributed by atoms with van der Waals surface area (Å²) in [7, 11) is 0. The number of allylic oxidation sites excluding steroid dienone is 3. The number of aliphatic hydroxyl groups is 1. The monoisotopic (exact) mass is 651 g/mol. The second-order valence-electron chi connectivity index (χ2n) is 13.8. The average molecular weight is 652 g/mol. The number of rotatable bonds is 10. The van der Waals surface area contributed by atoms with E-state index in [0.29, 0.717) is 5.57 Å². The van der Waals surface area contributed by atoms with Crippen LogP contribution in [0.4, 0.5) is 22.8 Å². The third-order valence-electron chi connectivity index (χ3n) is 6.27. The Morgan fingerprint density at radius 2 is 1.59 bits per heavy atom. The van der Waals surface area contributed by atoms with E-state index in [9.17, 15) is 23.5 Å². The van der Waals surface area contributed by atoms with Gasteiger partial charge >= 0.3 is 12.2 Å². The van der Waals surface area contributed by atoms with Gasteiger partial charge in [0.05, 0.1) is 12.3 Å². The van der Waals surface area contributed by atoms with Crippen LogP contribution in [0.1, 0.15) is 87.6 Å². The van der Waals surface area contributed by atoms with Gasteiger partial charge in [-0.05, 0) is 77.7 Å². The number of imide groups is 1. The van der Waals surface area contributed by atoms with Gasteiger partial charge in [-0.2, -0.15) is 10.0 Å². The first-order valence-electron chi connectivity index (χ1n) is 15.2. The molecule has 1 aromatic carbocycles. The van der Waals surface area contributed by atoms with Gasteiger partial charge in [0.15, 0.2) is 11.6 Å². The van der Waals surface area contributed by atoms with Crippen molar-refractivity contribution in [2.24, 2.45) is 16.9 Å². The van der Waals surface area contributed by atoms with Crippen molar-refractivity contribution in [3.63, 3.8) is 0 Å². The maximum atomic E-state index is 15.5. The van der Waals surface area contributed by atoms with Gasteiger partial charge in [-0.3, -0.25) is 0 Å². The van der Waals surface area contributed by atoms with E-state index in [2.05, 4.69) is 11.7 Å². The lowest BCUT2D eigenvalue weighted by Gasteiger charge is -2.31. The first-order valence-corrected chi connectivity index (χ1v) is 15.2. The van der Waals surface area contributed by atoms with Crippen molar-refractivity contribution >= 4 is 23.6 Å². The molecule has 0 saturated heterocycles. The summed E-state index contributed by atoms with van der Waals surface area (Å²) in [5.74, 6) is -4.93. The molecule has 2 amide bonds. The highest BCUT2D eigenvalue weighted by Gasteiger charge is 2.39. The molecule has 12 heteroatoms. The number of hydrazone groups is 1. The van der Waals surface area contributed by atoms with E-state index >= 15 is 4.39 Å². The van der Waals surface area contributed by atoms with Crippen LogP contribution in [-0.2, 0) is 9.47 Å². The lowest BCUT2D eigenvalue weighted by Crippen LogP contribution is -2.49. The zero-order valence-corrected chi connectivity index (χ0v) is 28.5. The minimum Gasteiger partial charge on any atom is -0.490 e. The number of carbonyl (C=O) groups excluding carboxylic acids is 2. The maximum Gasteiger partial charge on any atom is 0.425 e. The Balaban J connectivity index is 2.33. The van der Waals surface area contributed by atoms with Crippen LogP contribution in [0.25, 0.3) is 5.57 Å². The molecule has 1 aliphatic rings. The number of amidine groups is 1. The predicted molar refractivity (Wildman–Crippen MR) is 172 cm³/mol. The molecular formula is C34H48F3N3O6. The quantitative estimate of drug-likeness (QED) is 0.200. The fraction of sp³-hybridized carbons (Fsp3) is 0.559. The molecule has 1 heterocycles. The Kier molecular flexibility index (Phi) is 12.7. The van der Waals surface area contributed by atoms with Crippen LogP contribution in [-0.4, -0.2) is 62.9 Å². The molecular weight excluding hydrogens is 603 g/mol. The Morgan fingerprint density at radius 1 is 1.02 bits per heavy atom. The molecule has 256 valence electrons. The van der Waals surface area contributed by atoms with Crippen LogP contribution in [0.2, 0.25) is 0 Å². The second-order valence-corrected chi connectivity index (χ2v) is 13.8. The molecule has 2 rings (SSSR count). The van der Waals surface area contributed by atoms with Crippen molar-refractivity contribution in [2.75, 3.05) is 6.61 Å². The number of hydrogen-bond acceptors (Lipinski definition) is 8. The number of nitrogens with zero attached hydrogens (tertiary/aromatic N) is 3. The lowest BCUT2D eigenvalue weighted by molar-refractivity contribution is -0.124. The minimum absolute atomic E-state index is 0.0167. The van der Waals surface area contributed by atoms with Gasteiger partial charge in [-0.1, -0.05) is 46.4 Å². The Labute approximate surface area is 270 Å². The van der Waals surface area contributed by atoms with Crippen LogP contribution >= 0.6 is 0 Å². The van der Waals surface area contributed by atoms with Crippen molar-refractivity contribution < 1.29 is 42.1 Å². The summed E-state index contributed by atoms with van der Waals surface area (Å²) in [5.41, 5.74) is -1.04. The number of carbonyl (C=O) groups is 2. The predicted octanol–water partition coefficient (Wildman–Crippen LogP) is 8.51. The van der Waals surface area contributed by atoms with Crippen LogP contribution in [0.15, 0.2) is 53.9 Å². The zero-order chi connectivity index (χ0) is 35.2. The number of amides is 2. The van der Waals surface area contributed by atoms with Crippen LogP contribution in [0, 0.1) is 17.7 Å². The third kappa shape index (κ3) is 11.2. The molecule has 0 radical (unpaired) electrons. The van der Waals surface area contributed by atoms with Gasteiger partial charge in [0.25, 0.3) is 5.92 Å². The molecule has 1 aliphatic heterocycles. The maximum absolute atomic E-state index is 15.5. The zero-order valence-electron chi connectivity index (χ0n) is 28.5. The molecule has 0 aliphatic carbocycles. The fourth-order valence-corrected chi connectivity index (χ4v) is 4.14. The third-order valence-corrected chi connectivity index (χ3v) is 6.27. The largest absolute Gasteiger partial charge is 0.490 e. The Hall–Kier alpha value is -3.80. The van der Waals surface area contributed by atoms with Crippen molar-refractivity contribution in [1.29, 1.82) is 0 Å². The molecule has 9 nitrogen and oxygen atoms in total. The summed E-state index contributed by atoms with van der Waals surface area (Å²) in [4.78, 5) is 27.2. The minimum atomic E-state index is -3.38. The number of benzene rings is 1. The first-order chi connectivity index (χ1) is 21.0. The van der Waals surface area contributed by atoms with E-state index in [1.54, 1.807) is 75.3 Å². The van der Waals surface area contributed by atoms with Gasteiger partial charge in [0, 0.05) is 24.1 Å². The molecule has 1 atom stereocenters. The highest BCUT2D eigenvalue weighted by atomic mass is 19.3. The summed E-state index contributed by atoms with van der Waals surface area (Å²) >= 11 is 0. The van der Waals surface area contributed by atoms with Crippen molar-refractivity contribution in [3.05, 3.63) is 60.2 Å². The molecule has 0 saturated carbocycles. The average Bonchev–Trinajstić information content (AvgIpc) is 2.87. The van der Waals surface area contributed by atoms with E-state index in [1.807, 2.05) is 0 Å². The lowest BCUT2D eigenvalue weighted by atomic mass is 9.99. The normalized spacial score (nSPS) is 15.2. The van der Waals surface area contributed by atoms with E-state index in [0.717, 1.165) is 4.90 Å². The topological polar surface area (TPSA) is 101 Å². The van der Waals surface area contributed by atoms with Gasteiger partial charge in [0.2, 0.25) is 0 Å². The molecule has 1 aromatic rings. The van der Waals surface area contributed by atoms with E-state index in [1.165, 1.54) is 35.5 Å². The Morgan fingerprint density at radius 3 is 2.07 bits per heavy atom. The molecule has 0 spiro atoms. The van der Waals surface area contributed by atoms with E-state index in [4.69, 9.17) is 14.2 Å². The van der Waals surface area contributed by atoms with Gasteiger partial charge in [-0.15, -0.1) is 0 Å². The van der Waals surface area contributed by atoms with Gasteiger partial charge < -0.3 is 19.3 Å².